The van der Waals surface area contributed by atoms with Crippen molar-refractivity contribution >= 4 is 11.7 Å². The highest BCUT2D eigenvalue weighted by atomic mass is 16.6. The zero-order valence-electron chi connectivity index (χ0n) is 13.6. The molecule has 23 heavy (non-hydrogen) atoms. The predicted octanol–water partition coefficient (Wildman–Crippen LogP) is 2.73. The van der Waals surface area contributed by atoms with Gasteiger partial charge in [-0.15, -0.1) is 0 Å². The average Bonchev–Trinajstić information content (AvgIpc) is 2.80. The van der Waals surface area contributed by atoms with E-state index in [4.69, 9.17) is 4.74 Å². The Morgan fingerprint density at radius 1 is 1.43 bits per heavy atom. The van der Waals surface area contributed by atoms with E-state index in [9.17, 15) is 14.9 Å². The smallest absolute Gasteiger partial charge is 0.312 e. The molecule has 1 atom stereocenters. The number of rotatable bonds is 5. The van der Waals surface area contributed by atoms with Crippen molar-refractivity contribution in [3.8, 4) is 0 Å². The number of carbonyl (C=O) groups excluding carboxylic acids is 1. The molecule has 7 nitrogen and oxygen atoms in total. The van der Waals surface area contributed by atoms with Crippen LogP contribution in [0.5, 0.6) is 0 Å². The first-order valence-corrected chi connectivity index (χ1v) is 7.20. The maximum atomic E-state index is 11.8. The van der Waals surface area contributed by atoms with Crippen molar-refractivity contribution in [3.05, 3.63) is 56.9 Å². The molecule has 1 heterocycles. The van der Waals surface area contributed by atoms with E-state index in [0.29, 0.717) is 6.54 Å². The number of nitro groups is 1. The second kappa shape index (κ2) is 6.60. The van der Waals surface area contributed by atoms with Gasteiger partial charge in [-0.3, -0.25) is 19.6 Å². The zero-order valence-corrected chi connectivity index (χ0v) is 13.6. The van der Waals surface area contributed by atoms with E-state index in [1.807, 2.05) is 19.9 Å². The highest BCUT2D eigenvalue weighted by molar-refractivity contribution is 5.78. The molecule has 0 fully saturated rings. The highest BCUT2D eigenvalue weighted by Crippen LogP contribution is 2.25. The number of hydrogen-bond acceptors (Lipinski definition) is 5. The molecule has 0 amide bonds. The lowest BCUT2D eigenvalue weighted by Gasteiger charge is -2.10. The van der Waals surface area contributed by atoms with Gasteiger partial charge in [-0.05, 0) is 26.3 Å². The van der Waals surface area contributed by atoms with Gasteiger partial charge in [0, 0.05) is 23.4 Å². The SMILES string of the molecule is COC(=O)[C@H](C)c1c(C)nn(Cc2cccc([N+](=O)[O-])c2)c1C. The standard InChI is InChI=1S/C16H19N3O4/c1-10(16(20)23-4)15-11(2)17-18(12(15)3)9-13-6-5-7-14(8-13)19(21)22/h5-8,10H,9H2,1-4H3/t10-/m1/s1. The van der Waals surface area contributed by atoms with Crippen LogP contribution in [-0.2, 0) is 16.1 Å². The van der Waals surface area contributed by atoms with E-state index in [0.717, 1.165) is 22.5 Å². The van der Waals surface area contributed by atoms with Gasteiger partial charge < -0.3 is 4.74 Å². The zero-order chi connectivity index (χ0) is 17.1. The predicted molar refractivity (Wildman–Crippen MR) is 84.3 cm³/mol. The van der Waals surface area contributed by atoms with Crippen LogP contribution in [0.4, 0.5) is 5.69 Å². The summed E-state index contributed by atoms with van der Waals surface area (Å²) >= 11 is 0. The minimum Gasteiger partial charge on any atom is -0.469 e. The van der Waals surface area contributed by atoms with Crippen LogP contribution in [0.1, 0.15) is 35.4 Å². The molecule has 0 saturated carbocycles. The number of nitro benzene ring substituents is 1. The fraction of sp³-hybridized carbons (Fsp3) is 0.375. The molecule has 2 aromatic rings. The monoisotopic (exact) mass is 317 g/mol. The van der Waals surface area contributed by atoms with Gasteiger partial charge in [0.15, 0.2) is 0 Å². The second-order valence-electron chi connectivity index (χ2n) is 5.41. The number of ether oxygens (including phenoxy) is 1. The molecule has 0 radical (unpaired) electrons. The van der Waals surface area contributed by atoms with Gasteiger partial charge in [-0.1, -0.05) is 12.1 Å². The van der Waals surface area contributed by atoms with Gasteiger partial charge in [-0.2, -0.15) is 5.10 Å². The number of aryl methyl sites for hydroxylation is 1. The van der Waals surface area contributed by atoms with Gasteiger partial charge >= 0.3 is 5.97 Å². The molecule has 0 N–H and O–H groups in total. The molecular weight excluding hydrogens is 298 g/mol. The Bertz CT molecular complexity index is 752. The van der Waals surface area contributed by atoms with Gasteiger partial charge in [0.25, 0.3) is 5.69 Å². The first-order valence-electron chi connectivity index (χ1n) is 7.20. The number of nitrogens with zero attached hydrogens (tertiary/aromatic N) is 3. The van der Waals surface area contributed by atoms with E-state index in [1.54, 1.807) is 17.7 Å². The summed E-state index contributed by atoms with van der Waals surface area (Å²) < 4.78 is 6.55. The van der Waals surface area contributed by atoms with Crippen LogP contribution in [-0.4, -0.2) is 27.8 Å². The fourth-order valence-electron chi connectivity index (χ4n) is 2.73. The summed E-state index contributed by atoms with van der Waals surface area (Å²) in [5.41, 5.74) is 3.27. The van der Waals surface area contributed by atoms with Crippen molar-refractivity contribution in [1.82, 2.24) is 9.78 Å². The Morgan fingerprint density at radius 3 is 2.74 bits per heavy atom. The van der Waals surface area contributed by atoms with Gasteiger partial charge in [0.1, 0.15) is 0 Å². The minimum atomic E-state index is -0.421. The molecule has 0 aliphatic heterocycles. The highest BCUT2D eigenvalue weighted by Gasteiger charge is 2.24. The van der Waals surface area contributed by atoms with E-state index in [-0.39, 0.29) is 11.7 Å². The first-order chi connectivity index (χ1) is 10.8. The van der Waals surface area contributed by atoms with Crippen molar-refractivity contribution < 1.29 is 14.5 Å². The van der Waals surface area contributed by atoms with Crippen molar-refractivity contribution in [2.45, 2.75) is 33.2 Å². The molecule has 7 heteroatoms. The Morgan fingerprint density at radius 2 is 2.13 bits per heavy atom. The number of aromatic nitrogens is 2. The summed E-state index contributed by atoms with van der Waals surface area (Å²) in [5, 5.41) is 15.3. The number of non-ortho nitro benzene ring substituents is 1. The minimum absolute atomic E-state index is 0.0483. The number of esters is 1. The third-order valence-corrected chi connectivity index (χ3v) is 3.88. The molecule has 0 aliphatic rings. The van der Waals surface area contributed by atoms with Crippen LogP contribution in [0.25, 0.3) is 0 Å². The quantitative estimate of drug-likeness (QED) is 0.481. The lowest BCUT2D eigenvalue weighted by molar-refractivity contribution is -0.384. The second-order valence-corrected chi connectivity index (χ2v) is 5.41. The van der Waals surface area contributed by atoms with Gasteiger partial charge in [0.2, 0.25) is 0 Å². The van der Waals surface area contributed by atoms with Gasteiger partial charge in [0.05, 0.1) is 30.2 Å². The van der Waals surface area contributed by atoms with Gasteiger partial charge in [-0.25, -0.2) is 0 Å². The summed E-state index contributed by atoms with van der Waals surface area (Å²) in [4.78, 5) is 22.2. The molecule has 0 bridgehead atoms. The van der Waals surface area contributed by atoms with Crippen LogP contribution in [0.2, 0.25) is 0 Å². The molecule has 1 aromatic carbocycles. The molecule has 0 aliphatic carbocycles. The van der Waals surface area contributed by atoms with E-state index in [2.05, 4.69) is 5.10 Å². The fourth-order valence-corrected chi connectivity index (χ4v) is 2.73. The average molecular weight is 317 g/mol. The van der Waals surface area contributed by atoms with E-state index >= 15 is 0 Å². The third kappa shape index (κ3) is 3.39. The molecule has 1 aromatic heterocycles. The first kappa shape index (κ1) is 16.7. The Hall–Kier alpha value is -2.70. The Labute approximate surface area is 134 Å². The number of benzene rings is 1. The lowest BCUT2D eigenvalue weighted by atomic mass is 9.99. The summed E-state index contributed by atoms with van der Waals surface area (Å²) in [6, 6.07) is 6.44. The summed E-state index contributed by atoms with van der Waals surface area (Å²) in [5.74, 6) is -0.718. The summed E-state index contributed by atoms with van der Waals surface area (Å²) in [6.45, 7) is 5.90. The van der Waals surface area contributed by atoms with E-state index < -0.39 is 10.8 Å². The van der Waals surface area contributed by atoms with Crippen LogP contribution in [0, 0.1) is 24.0 Å². The molecule has 0 unspecified atom stereocenters. The number of hydrogen-bond donors (Lipinski definition) is 0. The van der Waals surface area contributed by atoms with Crippen LogP contribution in [0.15, 0.2) is 24.3 Å². The van der Waals surface area contributed by atoms with Crippen LogP contribution >= 0.6 is 0 Å². The Kier molecular flexibility index (Phi) is 4.78. The normalized spacial score (nSPS) is 12.0. The van der Waals surface area contributed by atoms with Crippen molar-refractivity contribution in [2.24, 2.45) is 0 Å². The Balaban J connectivity index is 2.33. The molecular formula is C16H19N3O4. The number of methoxy groups -OCH3 is 1. The van der Waals surface area contributed by atoms with Crippen molar-refractivity contribution in [1.29, 1.82) is 0 Å². The van der Waals surface area contributed by atoms with Crippen LogP contribution < -0.4 is 0 Å². The maximum absolute atomic E-state index is 11.8. The molecule has 0 saturated heterocycles. The largest absolute Gasteiger partial charge is 0.469 e. The van der Waals surface area contributed by atoms with Crippen LogP contribution in [0.3, 0.4) is 0 Å². The summed E-state index contributed by atoms with van der Waals surface area (Å²) in [7, 11) is 1.36. The van der Waals surface area contributed by atoms with Crippen molar-refractivity contribution in [2.75, 3.05) is 7.11 Å². The molecule has 0 spiro atoms. The number of carbonyl (C=O) groups is 1. The third-order valence-electron chi connectivity index (χ3n) is 3.88. The lowest BCUT2D eigenvalue weighted by Crippen LogP contribution is -2.13. The molecule has 122 valence electrons. The topological polar surface area (TPSA) is 87.3 Å². The van der Waals surface area contributed by atoms with E-state index in [1.165, 1.54) is 19.2 Å². The molecule has 2 rings (SSSR count). The van der Waals surface area contributed by atoms with Crippen molar-refractivity contribution in [3.63, 3.8) is 0 Å². The summed E-state index contributed by atoms with van der Waals surface area (Å²) in [6.07, 6.45) is 0. The maximum Gasteiger partial charge on any atom is 0.312 e.